The average Bonchev–Trinajstić information content (AvgIpc) is 1.42. The Kier molecular flexibility index (Phi) is 31.6. The van der Waals surface area contributed by atoms with Crippen LogP contribution in [0.1, 0.15) is 80.7 Å². The van der Waals surface area contributed by atoms with E-state index in [9.17, 15) is 19.6 Å². The molecule has 4 fully saturated rings. The zero-order chi connectivity index (χ0) is 66.4. The van der Waals surface area contributed by atoms with Crippen LogP contribution in [0.4, 0.5) is 31.6 Å². The third-order valence-electron chi connectivity index (χ3n) is 12.7. The summed E-state index contributed by atoms with van der Waals surface area (Å²) in [7, 11) is 9.15. The maximum absolute atomic E-state index is 12.1. The molecule has 25 nitrogen and oxygen atoms in total. The van der Waals surface area contributed by atoms with Crippen molar-refractivity contribution in [1.82, 2.24) is 44.9 Å². The zero-order valence-corrected chi connectivity index (χ0v) is 57.7. The van der Waals surface area contributed by atoms with Crippen LogP contribution < -0.4 is 39.8 Å². The number of nitrogen functional groups attached to an aromatic ring is 1. The first-order chi connectivity index (χ1) is 42.7. The Morgan fingerprint density at radius 1 is 0.667 bits per heavy atom. The van der Waals surface area contributed by atoms with Gasteiger partial charge >= 0.3 is 43.0 Å². The summed E-state index contributed by atoms with van der Waals surface area (Å²) in [6.45, 7) is 26.9. The zero-order valence-electron chi connectivity index (χ0n) is 53.6. The Balaban J connectivity index is 0.000000244. The third-order valence-corrected chi connectivity index (χ3v) is 13.8. The van der Waals surface area contributed by atoms with Gasteiger partial charge < -0.3 is 73.4 Å². The second kappa shape index (κ2) is 37.8. The van der Waals surface area contributed by atoms with Crippen LogP contribution in [0, 0.1) is 11.3 Å². The minimum atomic E-state index is -0.465. The predicted molar refractivity (Wildman–Crippen MR) is 357 cm³/mol. The number of pyridine rings is 3. The molecule has 5 aromatic rings. The fourth-order valence-electron chi connectivity index (χ4n) is 8.57. The van der Waals surface area contributed by atoms with Crippen molar-refractivity contribution in [2.75, 3.05) is 129 Å². The topological polar surface area (TPSA) is 280 Å². The summed E-state index contributed by atoms with van der Waals surface area (Å²) in [6.07, 6.45) is 5.87. The number of carbonyl (C=O) groups is 3. The first-order valence-corrected chi connectivity index (χ1v) is 31.1. The molecule has 3 N–H and O–H groups in total. The van der Waals surface area contributed by atoms with Gasteiger partial charge in [0.15, 0.2) is 0 Å². The Morgan fingerprint density at radius 2 is 1.14 bits per heavy atom. The van der Waals surface area contributed by atoms with Crippen LogP contribution in [0.15, 0.2) is 92.8 Å². The van der Waals surface area contributed by atoms with Crippen LogP contribution in [0.5, 0.6) is 23.4 Å². The first kappa shape index (κ1) is 75.2. The monoisotopic (exact) mass is 1390 g/mol. The molecule has 0 unspecified atom stereocenters. The number of nitrogens with two attached hydrogens (primary N) is 1. The van der Waals surface area contributed by atoms with Crippen LogP contribution in [-0.4, -0.2) is 202 Å². The summed E-state index contributed by atoms with van der Waals surface area (Å²) < 4.78 is 47.1. The standard InChI is InChI=1S/C16H16N4O2.C15H22BrN3O3.C15H23N3O3.C9H18N2O2.C6H6BrNO.BHNS/c17-9-12-7-11(14-8-16(18)20-10-19-14)1-2-15(12)22-13-3-5-21-6-4-13;1-15(2,3)22-14(20)19-9-7-18(8-10-19)11-5-6-12(16)17-13(11)21-4;1-15(2,3)21-14(19)18-10-8-17(9-11-18)12-6-5-7-16-13(12)20-4;1-9(2,3)13-8(12)11-6-4-10-5-7-11;1-9-6-5(7)3-2-4-8-6;1-2-3/h1-2,7-8,10,13H,3-6H2,(H2,18,19,20);5-6H,7-10H2,1-4H3;5-7H,8-11H2,1-4H3;10H,4-7H2,1-3H3;2-4H,1H3;3H. The summed E-state index contributed by atoms with van der Waals surface area (Å²) >= 11 is 9.80. The quantitative estimate of drug-likeness (QED) is 0.0563. The van der Waals surface area contributed by atoms with Gasteiger partial charge in [-0.25, -0.2) is 39.3 Å². The van der Waals surface area contributed by atoms with Crippen molar-refractivity contribution in [3.8, 4) is 40.7 Å². The van der Waals surface area contributed by atoms with Crippen molar-refractivity contribution in [1.29, 1.82) is 5.26 Å². The number of nitriles is 1. The van der Waals surface area contributed by atoms with Crippen molar-refractivity contribution in [2.24, 2.45) is 4.30 Å². The van der Waals surface area contributed by atoms with Crippen molar-refractivity contribution in [3.05, 3.63) is 94.0 Å². The average molecular weight is 1390 g/mol. The minimum absolute atomic E-state index is 0.0985. The molecule has 8 heterocycles. The number of hydrogen-bond donors (Lipinski definition) is 3. The van der Waals surface area contributed by atoms with Crippen molar-refractivity contribution in [2.45, 2.75) is 98.1 Å². The molecule has 29 heteroatoms. The molecular formula is C61H86BBr2N14O11S. The number of anilines is 3. The number of ether oxygens (including phenoxy) is 8. The Hall–Kier alpha value is -7.26. The molecule has 0 spiro atoms. The van der Waals surface area contributed by atoms with E-state index in [2.05, 4.69) is 103 Å². The van der Waals surface area contributed by atoms with Crippen molar-refractivity contribution >= 4 is 87.8 Å². The second-order valence-corrected chi connectivity index (χ2v) is 24.9. The molecule has 0 aliphatic carbocycles. The normalized spacial score (nSPS) is 15.0. The van der Waals surface area contributed by atoms with E-state index in [1.807, 2.05) is 111 Å². The van der Waals surface area contributed by atoms with Crippen LogP contribution >= 0.6 is 44.7 Å². The van der Waals surface area contributed by atoms with E-state index in [0.29, 0.717) is 79.9 Å². The Morgan fingerprint density at radius 3 is 1.60 bits per heavy atom. The number of hydrogen-bond acceptors (Lipinski definition) is 23. The van der Waals surface area contributed by atoms with Gasteiger partial charge in [-0.05, 0) is 149 Å². The molecule has 4 aliphatic heterocycles. The molecule has 0 saturated carbocycles. The second-order valence-electron chi connectivity index (χ2n) is 23.0. The van der Waals surface area contributed by atoms with Gasteiger partial charge in [-0.3, -0.25) is 0 Å². The number of thiol groups is 1. The molecule has 4 saturated heterocycles. The van der Waals surface area contributed by atoms with Crippen LogP contribution in [0.3, 0.4) is 0 Å². The van der Waals surface area contributed by atoms with Gasteiger partial charge in [0, 0.05) is 115 Å². The number of benzene rings is 1. The molecule has 90 heavy (non-hydrogen) atoms. The summed E-state index contributed by atoms with van der Waals surface area (Å²) in [5.41, 5.74) is 8.24. The number of aromatic nitrogens is 5. The summed E-state index contributed by atoms with van der Waals surface area (Å²) in [5.74, 6) is 2.81. The summed E-state index contributed by atoms with van der Waals surface area (Å²) in [5, 5.41) is 12.5. The molecule has 1 aromatic carbocycles. The van der Waals surface area contributed by atoms with Gasteiger partial charge in [0.2, 0.25) is 17.6 Å². The third kappa shape index (κ3) is 27.1. The maximum atomic E-state index is 12.1. The first-order valence-electron chi connectivity index (χ1n) is 29.1. The number of amides is 3. The van der Waals surface area contributed by atoms with Crippen molar-refractivity contribution < 1.29 is 52.3 Å². The van der Waals surface area contributed by atoms with Gasteiger partial charge in [-0.2, -0.15) is 5.26 Å². The Labute approximate surface area is 552 Å². The predicted octanol–water partition coefficient (Wildman–Crippen LogP) is 10.1. The number of piperazine rings is 3. The van der Waals surface area contributed by atoms with Crippen molar-refractivity contribution in [3.63, 3.8) is 0 Å². The molecule has 9 rings (SSSR count). The molecule has 1 radical (unpaired) electrons. The molecule has 0 atom stereocenters. The number of halogens is 2. The number of methoxy groups -OCH3 is 3. The van der Waals surface area contributed by atoms with E-state index in [1.54, 1.807) is 60.6 Å². The van der Waals surface area contributed by atoms with E-state index >= 15 is 0 Å². The Bertz CT molecular complexity index is 3070. The van der Waals surface area contributed by atoms with E-state index in [0.717, 1.165) is 91.2 Å². The summed E-state index contributed by atoms with van der Waals surface area (Å²) in [4.78, 5) is 65.6. The van der Waals surface area contributed by atoms with E-state index in [4.69, 9.17) is 43.6 Å². The number of rotatable bonds is 8. The molecule has 489 valence electrons. The van der Waals surface area contributed by atoms with Gasteiger partial charge in [0.1, 0.15) is 57.2 Å². The van der Waals surface area contributed by atoms with Crippen LogP contribution in [0.2, 0.25) is 0 Å². The van der Waals surface area contributed by atoms with Gasteiger partial charge in [0.05, 0.1) is 56.0 Å². The van der Waals surface area contributed by atoms with E-state index < -0.39 is 11.2 Å². The fourth-order valence-corrected chi connectivity index (χ4v) is 9.28. The van der Waals surface area contributed by atoms with E-state index in [-0.39, 0.29) is 30.0 Å². The molecule has 4 aliphatic rings. The van der Waals surface area contributed by atoms with Gasteiger partial charge in [-0.1, -0.05) is 0 Å². The molecule has 0 bridgehead atoms. The number of nitrogens with zero attached hydrogens (tertiary/aromatic N) is 12. The SMILES string of the molecule is CC(C)(C)OC(=O)N1CCNCC1.COc1nc(Br)ccc1N1CCN(C(=O)OC(C)(C)C)CC1.COc1ncccc1Br.COc1ncccc1N1CCN(C(=O)OC(C)(C)C)CC1.N#Cc1cc(-c2cc(N)ncn2)ccc1OC1CCOCC1.[B]=NS. The number of nitrogens with one attached hydrogen (secondary N) is 1. The molecular weight excluding hydrogens is 1310 g/mol. The van der Waals surface area contributed by atoms with Crippen LogP contribution in [0.25, 0.3) is 11.3 Å². The van der Waals surface area contributed by atoms with Gasteiger partial charge in [0.25, 0.3) is 0 Å². The van der Waals surface area contributed by atoms with Gasteiger partial charge in [-0.15, -0.1) is 0 Å². The van der Waals surface area contributed by atoms with E-state index in [1.165, 1.54) is 6.33 Å². The molecule has 3 amide bonds. The van der Waals surface area contributed by atoms with Crippen LogP contribution in [-0.2, 0) is 18.9 Å². The molecule has 4 aromatic heterocycles. The summed E-state index contributed by atoms with van der Waals surface area (Å²) in [6, 6.07) is 20.7. The fraction of sp³-hybridized carbons (Fsp3) is 0.525. The number of carbonyl (C=O) groups excluding carboxylic acids is 3.